The summed E-state index contributed by atoms with van der Waals surface area (Å²) in [6.45, 7) is 3.60. The van der Waals surface area contributed by atoms with Gasteiger partial charge < -0.3 is 15.2 Å². The van der Waals surface area contributed by atoms with Gasteiger partial charge in [-0.25, -0.2) is 4.98 Å². The van der Waals surface area contributed by atoms with Gasteiger partial charge in [0.15, 0.2) is 5.82 Å². The summed E-state index contributed by atoms with van der Waals surface area (Å²) < 4.78 is 1.90. The number of halogens is 1. The summed E-state index contributed by atoms with van der Waals surface area (Å²) >= 11 is 6.36. The fourth-order valence-electron chi connectivity index (χ4n) is 3.58. The second kappa shape index (κ2) is 7.18. The first kappa shape index (κ1) is 17.8. The van der Waals surface area contributed by atoms with Gasteiger partial charge in [0.05, 0.1) is 5.69 Å². The minimum Gasteiger partial charge on any atom is -0.327 e. The molecule has 2 aromatic carbocycles. The third kappa shape index (κ3) is 3.24. The molecule has 0 bridgehead atoms. The van der Waals surface area contributed by atoms with Crippen LogP contribution in [0, 0.1) is 6.92 Å². The summed E-state index contributed by atoms with van der Waals surface area (Å²) in [6.07, 6.45) is 0.882. The number of imidazole rings is 1. The minimum absolute atomic E-state index is 0.202. The van der Waals surface area contributed by atoms with E-state index in [-0.39, 0.29) is 5.91 Å². The molecular weight excluding hydrogens is 360 g/mol. The summed E-state index contributed by atoms with van der Waals surface area (Å²) in [6, 6.07) is 13.6. The molecule has 1 amide bonds. The average Bonchev–Trinajstić information content (AvgIpc) is 3.01. The van der Waals surface area contributed by atoms with E-state index in [1.54, 1.807) is 0 Å². The Morgan fingerprint density at radius 2 is 1.96 bits per heavy atom. The van der Waals surface area contributed by atoms with Crippen LogP contribution in [0.4, 0.5) is 5.69 Å². The summed E-state index contributed by atoms with van der Waals surface area (Å²) in [7, 11) is 1.90. The van der Waals surface area contributed by atoms with Crippen LogP contribution in [0.5, 0.6) is 0 Å². The molecule has 2 N–H and O–H groups in total. The van der Waals surface area contributed by atoms with E-state index in [0.717, 1.165) is 46.7 Å². The van der Waals surface area contributed by atoms with Crippen molar-refractivity contribution in [3.8, 4) is 11.1 Å². The van der Waals surface area contributed by atoms with Crippen LogP contribution in [0.1, 0.15) is 27.6 Å². The van der Waals surface area contributed by atoms with E-state index in [0.29, 0.717) is 17.4 Å². The molecule has 6 heteroatoms. The molecule has 2 heterocycles. The highest BCUT2D eigenvalue weighted by atomic mass is 35.5. The van der Waals surface area contributed by atoms with E-state index >= 15 is 0 Å². The average molecular weight is 381 g/mol. The highest BCUT2D eigenvalue weighted by molar-refractivity contribution is 6.33. The number of fused-ring (bicyclic) bond motifs is 1. The molecule has 27 heavy (non-hydrogen) atoms. The van der Waals surface area contributed by atoms with Crippen LogP contribution in [0.15, 0.2) is 42.5 Å². The predicted molar refractivity (Wildman–Crippen MR) is 108 cm³/mol. The Balaban J connectivity index is 1.66. The lowest BCUT2D eigenvalue weighted by molar-refractivity contribution is 0.101. The molecule has 0 unspecified atom stereocenters. The van der Waals surface area contributed by atoms with Crippen molar-refractivity contribution in [3.05, 3.63) is 70.3 Å². The molecule has 0 fully saturated rings. The molecule has 0 saturated heterocycles. The van der Waals surface area contributed by atoms with E-state index < -0.39 is 0 Å². The van der Waals surface area contributed by atoms with E-state index in [1.807, 2.05) is 61.0 Å². The van der Waals surface area contributed by atoms with E-state index in [4.69, 9.17) is 11.6 Å². The number of anilines is 1. The van der Waals surface area contributed by atoms with Gasteiger partial charge in [-0.3, -0.25) is 4.79 Å². The van der Waals surface area contributed by atoms with E-state index in [2.05, 4.69) is 15.6 Å². The third-order valence-corrected chi connectivity index (χ3v) is 5.41. The van der Waals surface area contributed by atoms with Crippen molar-refractivity contribution < 1.29 is 4.79 Å². The molecule has 1 aromatic heterocycles. The summed E-state index contributed by atoms with van der Waals surface area (Å²) in [5, 5.41) is 7.00. The molecule has 0 spiro atoms. The second-order valence-electron chi connectivity index (χ2n) is 6.73. The fraction of sp³-hybridized carbons (Fsp3) is 0.238. The molecular formula is C21H21ClN4O. The molecule has 0 saturated carbocycles. The van der Waals surface area contributed by atoms with Gasteiger partial charge in [0.2, 0.25) is 0 Å². The van der Waals surface area contributed by atoms with Crippen molar-refractivity contribution in [1.29, 1.82) is 0 Å². The number of aromatic nitrogens is 2. The van der Waals surface area contributed by atoms with Crippen molar-refractivity contribution in [1.82, 2.24) is 14.9 Å². The van der Waals surface area contributed by atoms with Crippen LogP contribution in [-0.2, 0) is 20.0 Å². The van der Waals surface area contributed by atoms with Gasteiger partial charge in [0.25, 0.3) is 5.91 Å². The lowest BCUT2D eigenvalue weighted by atomic mass is 9.99. The number of carbonyl (C=O) groups excluding carboxylic acids is 1. The SMILES string of the molecule is Cc1c(NC(=O)c2nc3c(n2C)CCNC3)cccc1-c1ccccc1Cl. The number of rotatable bonds is 3. The molecule has 1 aliphatic heterocycles. The maximum atomic E-state index is 12.9. The zero-order chi connectivity index (χ0) is 19.0. The number of amides is 1. The Bertz CT molecular complexity index is 1030. The first-order valence-corrected chi connectivity index (χ1v) is 9.35. The Kier molecular flexibility index (Phi) is 4.72. The van der Waals surface area contributed by atoms with Crippen molar-refractivity contribution in [2.45, 2.75) is 19.9 Å². The van der Waals surface area contributed by atoms with Gasteiger partial charge in [-0.15, -0.1) is 0 Å². The molecule has 138 valence electrons. The normalized spacial score (nSPS) is 13.3. The summed E-state index contributed by atoms with van der Waals surface area (Å²) in [4.78, 5) is 17.4. The molecule has 5 nitrogen and oxygen atoms in total. The van der Waals surface area contributed by atoms with Gasteiger partial charge in [0, 0.05) is 48.5 Å². The highest BCUT2D eigenvalue weighted by Gasteiger charge is 2.22. The molecule has 0 atom stereocenters. The molecule has 0 aliphatic carbocycles. The maximum Gasteiger partial charge on any atom is 0.291 e. The Labute approximate surface area is 163 Å². The standard InChI is InChI=1S/C21H21ClN4O/c1-13-14(15-6-3-4-8-16(15)22)7-5-9-17(13)25-21(27)20-24-18-12-23-11-10-19(18)26(20)2/h3-9,23H,10-12H2,1-2H3,(H,25,27). The molecule has 3 aromatic rings. The number of carbonyl (C=O) groups is 1. The first-order chi connectivity index (χ1) is 13.1. The third-order valence-electron chi connectivity index (χ3n) is 5.08. The van der Waals surface area contributed by atoms with Gasteiger partial charge in [-0.05, 0) is 30.2 Å². The number of nitrogens with one attached hydrogen (secondary N) is 2. The smallest absolute Gasteiger partial charge is 0.291 e. The number of hydrogen-bond donors (Lipinski definition) is 2. The predicted octanol–water partition coefficient (Wildman–Crippen LogP) is 3.95. The highest BCUT2D eigenvalue weighted by Crippen LogP contribution is 2.33. The quantitative estimate of drug-likeness (QED) is 0.723. The number of hydrogen-bond acceptors (Lipinski definition) is 3. The molecule has 1 aliphatic rings. The van der Waals surface area contributed by atoms with Crippen LogP contribution in [0.3, 0.4) is 0 Å². The molecule has 0 radical (unpaired) electrons. The van der Waals surface area contributed by atoms with Crippen molar-refractivity contribution in [2.24, 2.45) is 7.05 Å². The Morgan fingerprint density at radius 1 is 1.19 bits per heavy atom. The van der Waals surface area contributed by atoms with Crippen LogP contribution in [0.2, 0.25) is 5.02 Å². The second-order valence-corrected chi connectivity index (χ2v) is 7.13. The zero-order valence-electron chi connectivity index (χ0n) is 15.3. The largest absolute Gasteiger partial charge is 0.327 e. The Morgan fingerprint density at radius 3 is 2.74 bits per heavy atom. The van der Waals surface area contributed by atoms with Gasteiger partial charge >= 0.3 is 0 Å². The summed E-state index contributed by atoms with van der Waals surface area (Å²) in [5.74, 6) is 0.234. The number of benzene rings is 2. The van der Waals surface area contributed by atoms with Gasteiger partial charge in [0.1, 0.15) is 0 Å². The van der Waals surface area contributed by atoms with Crippen LogP contribution in [-0.4, -0.2) is 22.0 Å². The van der Waals surface area contributed by atoms with Crippen LogP contribution >= 0.6 is 11.6 Å². The van der Waals surface area contributed by atoms with Gasteiger partial charge in [-0.2, -0.15) is 0 Å². The maximum absolute atomic E-state index is 12.9. The summed E-state index contributed by atoms with van der Waals surface area (Å²) in [5.41, 5.74) is 5.76. The Hall–Kier alpha value is -2.63. The van der Waals surface area contributed by atoms with Crippen LogP contribution < -0.4 is 10.6 Å². The molecule has 4 rings (SSSR count). The fourth-order valence-corrected chi connectivity index (χ4v) is 3.82. The van der Waals surface area contributed by atoms with Crippen molar-refractivity contribution in [3.63, 3.8) is 0 Å². The van der Waals surface area contributed by atoms with Gasteiger partial charge in [-0.1, -0.05) is 41.9 Å². The first-order valence-electron chi connectivity index (χ1n) is 8.97. The van der Waals surface area contributed by atoms with Crippen LogP contribution in [0.25, 0.3) is 11.1 Å². The van der Waals surface area contributed by atoms with E-state index in [1.165, 1.54) is 0 Å². The lowest BCUT2D eigenvalue weighted by Gasteiger charge is -2.14. The van der Waals surface area contributed by atoms with E-state index in [9.17, 15) is 4.79 Å². The monoisotopic (exact) mass is 380 g/mol. The minimum atomic E-state index is -0.202. The number of nitrogens with zero attached hydrogens (tertiary/aromatic N) is 2. The lowest BCUT2D eigenvalue weighted by Crippen LogP contribution is -2.24. The van der Waals surface area contributed by atoms with Crippen molar-refractivity contribution >= 4 is 23.2 Å². The zero-order valence-corrected chi connectivity index (χ0v) is 16.1. The van der Waals surface area contributed by atoms with Crippen molar-refractivity contribution in [2.75, 3.05) is 11.9 Å². The topological polar surface area (TPSA) is 59.0 Å².